The number of aldehydes is 1. The summed E-state index contributed by atoms with van der Waals surface area (Å²) < 4.78 is 6.87. The second-order valence-electron chi connectivity index (χ2n) is 7.73. The molecule has 2 aromatic rings. The van der Waals surface area contributed by atoms with Crippen LogP contribution in [-0.2, 0) is 20.7 Å². The number of hydrogen-bond donors (Lipinski definition) is 1. The molecule has 0 bridgehead atoms. The molecule has 1 N–H and O–H groups in total. The number of fused-ring (bicyclic) bond motifs is 1. The van der Waals surface area contributed by atoms with E-state index in [-0.39, 0.29) is 18.2 Å². The van der Waals surface area contributed by atoms with E-state index in [1.807, 2.05) is 6.07 Å². The highest BCUT2D eigenvalue weighted by molar-refractivity contribution is 6.05. The molecule has 1 aliphatic carbocycles. The van der Waals surface area contributed by atoms with E-state index in [0.717, 1.165) is 36.5 Å². The molecule has 0 spiro atoms. The first kappa shape index (κ1) is 18.2. The van der Waals surface area contributed by atoms with Crippen molar-refractivity contribution >= 4 is 34.9 Å². The number of carbonyl (C=O) groups excluding carboxylic acids is 3. The van der Waals surface area contributed by atoms with Crippen LogP contribution in [0, 0.1) is 5.92 Å². The average Bonchev–Trinajstić information content (AvgIpc) is 2.82. The highest BCUT2D eigenvalue weighted by Gasteiger charge is 2.27. The Hall–Kier alpha value is -2.63. The maximum absolute atomic E-state index is 12.6. The summed E-state index contributed by atoms with van der Waals surface area (Å²) in [5.74, 6) is 0.00774. The van der Waals surface area contributed by atoms with Gasteiger partial charge in [-0.1, -0.05) is 12.5 Å². The number of ether oxygens (including phenoxy) is 1. The molecule has 0 atom stereocenters. The van der Waals surface area contributed by atoms with Crippen LogP contribution >= 0.6 is 0 Å². The van der Waals surface area contributed by atoms with Gasteiger partial charge in [0.15, 0.2) is 0 Å². The molecule has 1 fully saturated rings. The van der Waals surface area contributed by atoms with Gasteiger partial charge in [-0.05, 0) is 51.3 Å². The minimum atomic E-state index is -0.625. The number of anilines is 1. The third-order valence-electron chi connectivity index (χ3n) is 4.51. The van der Waals surface area contributed by atoms with Gasteiger partial charge in [0.25, 0.3) is 0 Å². The van der Waals surface area contributed by atoms with Crippen molar-refractivity contribution in [2.24, 2.45) is 5.92 Å². The maximum Gasteiger partial charge on any atom is 0.419 e. The minimum absolute atomic E-state index is 0.0275. The molecule has 0 unspecified atom stereocenters. The van der Waals surface area contributed by atoms with Gasteiger partial charge < -0.3 is 14.8 Å². The van der Waals surface area contributed by atoms with Gasteiger partial charge in [-0.2, -0.15) is 0 Å². The van der Waals surface area contributed by atoms with E-state index in [1.54, 1.807) is 39.1 Å². The average molecular weight is 356 g/mol. The number of nitrogens with one attached hydrogen (secondary N) is 1. The molecule has 0 radical (unpaired) electrons. The topological polar surface area (TPSA) is 77.4 Å². The van der Waals surface area contributed by atoms with E-state index in [1.165, 1.54) is 4.57 Å². The zero-order chi connectivity index (χ0) is 18.9. The molecule has 1 saturated carbocycles. The summed E-state index contributed by atoms with van der Waals surface area (Å²) in [6.07, 6.45) is 5.07. The van der Waals surface area contributed by atoms with Crippen molar-refractivity contribution in [1.29, 1.82) is 0 Å². The SMILES string of the molecule is CC(C)(C)OC(=O)n1cc(NC(=O)C2CCC2)c2cc(CC=O)ccc21. The van der Waals surface area contributed by atoms with Gasteiger partial charge in [0.1, 0.15) is 11.9 Å². The summed E-state index contributed by atoms with van der Waals surface area (Å²) in [5, 5.41) is 3.66. The maximum atomic E-state index is 12.6. The van der Waals surface area contributed by atoms with E-state index in [4.69, 9.17) is 4.74 Å². The molecule has 138 valence electrons. The number of aromatic nitrogens is 1. The molecule has 3 rings (SSSR count). The fraction of sp³-hybridized carbons (Fsp3) is 0.450. The van der Waals surface area contributed by atoms with E-state index >= 15 is 0 Å². The molecule has 1 aromatic heterocycles. The van der Waals surface area contributed by atoms with Crippen LogP contribution in [0.2, 0.25) is 0 Å². The van der Waals surface area contributed by atoms with Crippen molar-refractivity contribution in [3.05, 3.63) is 30.0 Å². The van der Waals surface area contributed by atoms with Crippen molar-refractivity contribution in [1.82, 2.24) is 4.57 Å². The number of nitrogens with zero attached hydrogens (tertiary/aromatic N) is 1. The number of carbonyl (C=O) groups is 3. The first-order chi connectivity index (χ1) is 12.3. The summed E-state index contributed by atoms with van der Waals surface area (Å²) in [6.45, 7) is 5.41. The first-order valence-corrected chi connectivity index (χ1v) is 8.90. The number of amides is 1. The van der Waals surface area contributed by atoms with Crippen LogP contribution in [-0.4, -0.2) is 28.5 Å². The van der Waals surface area contributed by atoms with Crippen molar-refractivity contribution in [2.45, 2.75) is 52.1 Å². The van der Waals surface area contributed by atoms with Crippen LogP contribution in [0.15, 0.2) is 24.4 Å². The molecular weight excluding hydrogens is 332 g/mol. The van der Waals surface area contributed by atoms with E-state index < -0.39 is 11.7 Å². The predicted octanol–water partition coefficient (Wildman–Crippen LogP) is 3.90. The third kappa shape index (κ3) is 3.79. The fourth-order valence-electron chi connectivity index (χ4n) is 2.97. The van der Waals surface area contributed by atoms with Gasteiger partial charge in [0.2, 0.25) is 5.91 Å². The number of benzene rings is 1. The van der Waals surface area contributed by atoms with Crippen LogP contribution in [0.25, 0.3) is 10.9 Å². The largest absolute Gasteiger partial charge is 0.443 e. The van der Waals surface area contributed by atoms with Gasteiger partial charge in [0.05, 0.1) is 11.2 Å². The molecule has 0 aliphatic heterocycles. The fourth-order valence-corrected chi connectivity index (χ4v) is 2.97. The Balaban J connectivity index is 2.00. The minimum Gasteiger partial charge on any atom is -0.443 e. The second kappa shape index (κ2) is 6.94. The highest BCUT2D eigenvalue weighted by atomic mass is 16.6. The number of hydrogen-bond acceptors (Lipinski definition) is 4. The summed E-state index contributed by atoms with van der Waals surface area (Å²) in [5.41, 5.74) is 1.41. The second-order valence-corrected chi connectivity index (χ2v) is 7.73. The lowest BCUT2D eigenvalue weighted by molar-refractivity contribution is -0.122. The summed E-state index contributed by atoms with van der Waals surface area (Å²) in [7, 11) is 0. The van der Waals surface area contributed by atoms with Gasteiger partial charge in [0, 0.05) is 23.9 Å². The number of rotatable bonds is 4. The molecule has 1 heterocycles. The van der Waals surface area contributed by atoms with E-state index in [2.05, 4.69) is 5.32 Å². The van der Waals surface area contributed by atoms with Crippen molar-refractivity contribution < 1.29 is 19.1 Å². The van der Waals surface area contributed by atoms with Crippen LogP contribution in [0.4, 0.5) is 10.5 Å². The Labute approximate surface area is 152 Å². The Morgan fingerprint density at radius 3 is 2.62 bits per heavy atom. The van der Waals surface area contributed by atoms with Gasteiger partial charge in [-0.15, -0.1) is 0 Å². The molecule has 1 aromatic carbocycles. The van der Waals surface area contributed by atoms with Crippen molar-refractivity contribution in [3.63, 3.8) is 0 Å². The Morgan fingerprint density at radius 1 is 1.31 bits per heavy atom. The summed E-state index contributed by atoms with van der Waals surface area (Å²) >= 11 is 0. The van der Waals surface area contributed by atoms with E-state index in [0.29, 0.717) is 11.2 Å². The van der Waals surface area contributed by atoms with Gasteiger partial charge in [-0.3, -0.25) is 9.36 Å². The quantitative estimate of drug-likeness (QED) is 0.843. The zero-order valence-electron chi connectivity index (χ0n) is 15.4. The molecule has 1 amide bonds. The zero-order valence-corrected chi connectivity index (χ0v) is 15.4. The van der Waals surface area contributed by atoms with Gasteiger partial charge in [-0.25, -0.2) is 4.79 Å². The molecule has 6 heteroatoms. The first-order valence-electron chi connectivity index (χ1n) is 8.90. The van der Waals surface area contributed by atoms with Crippen molar-refractivity contribution in [3.8, 4) is 0 Å². The molecule has 1 aliphatic rings. The Bertz CT molecular complexity index is 857. The Kier molecular flexibility index (Phi) is 4.85. The lowest BCUT2D eigenvalue weighted by Gasteiger charge is -2.23. The van der Waals surface area contributed by atoms with Crippen LogP contribution in [0.1, 0.15) is 45.6 Å². The smallest absolute Gasteiger partial charge is 0.419 e. The normalized spacial score (nSPS) is 14.7. The monoisotopic (exact) mass is 356 g/mol. The van der Waals surface area contributed by atoms with Crippen LogP contribution < -0.4 is 5.32 Å². The van der Waals surface area contributed by atoms with Crippen molar-refractivity contribution in [2.75, 3.05) is 5.32 Å². The summed E-state index contributed by atoms with van der Waals surface area (Å²) in [4.78, 5) is 35.8. The Morgan fingerprint density at radius 2 is 2.04 bits per heavy atom. The molecule has 0 saturated heterocycles. The molecular formula is C20H24N2O4. The molecule has 26 heavy (non-hydrogen) atoms. The lowest BCUT2D eigenvalue weighted by atomic mass is 9.85. The standard InChI is InChI=1S/C20H24N2O4/c1-20(2,3)26-19(25)22-12-16(21-18(24)14-5-4-6-14)15-11-13(9-10-23)7-8-17(15)22/h7-8,10-12,14H,4-6,9H2,1-3H3,(H,21,24). The van der Waals surface area contributed by atoms with Crippen LogP contribution in [0.5, 0.6) is 0 Å². The predicted molar refractivity (Wildman–Crippen MR) is 99.3 cm³/mol. The summed E-state index contributed by atoms with van der Waals surface area (Å²) in [6, 6.07) is 5.41. The molecule has 6 nitrogen and oxygen atoms in total. The van der Waals surface area contributed by atoms with E-state index in [9.17, 15) is 14.4 Å². The van der Waals surface area contributed by atoms with Crippen LogP contribution in [0.3, 0.4) is 0 Å². The highest BCUT2D eigenvalue weighted by Crippen LogP contribution is 2.31. The lowest BCUT2D eigenvalue weighted by Crippen LogP contribution is -2.28. The van der Waals surface area contributed by atoms with Gasteiger partial charge >= 0.3 is 6.09 Å². The third-order valence-corrected chi connectivity index (χ3v) is 4.51.